The first-order chi connectivity index (χ1) is 14.9. The molecule has 0 saturated heterocycles. The van der Waals surface area contributed by atoms with Crippen LogP contribution in [0.5, 0.6) is 5.88 Å². The number of carbonyl (C=O) groups is 2. The van der Waals surface area contributed by atoms with E-state index in [9.17, 15) is 14.9 Å². The monoisotopic (exact) mass is 478 g/mol. The van der Waals surface area contributed by atoms with Crippen LogP contribution in [0.1, 0.15) is 25.0 Å². The van der Waals surface area contributed by atoms with Crippen molar-refractivity contribution < 1.29 is 19.1 Å². The summed E-state index contributed by atoms with van der Waals surface area (Å²) >= 11 is 3.48. The minimum atomic E-state index is -1.92. The Morgan fingerprint density at radius 2 is 1.97 bits per heavy atom. The Morgan fingerprint density at radius 3 is 2.61 bits per heavy atom. The third-order valence-electron chi connectivity index (χ3n) is 5.36. The van der Waals surface area contributed by atoms with Gasteiger partial charge in [-0.15, -0.1) is 0 Å². The largest absolute Gasteiger partial charge is 0.464 e. The number of ketones is 1. The molecule has 6 nitrogen and oxygen atoms in total. The standard InChI is InChI=1S/C24H19BrN2O4/c1-3-30-23(29)24(14-26)19(15(2)28)13-31-22-21(24)18-11-17(25)9-10-20(18)27(22)12-16-7-5-4-6-8-16/h4-11,13H,3,12H2,1-2H3. The zero-order valence-electron chi connectivity index (χ0n) is 17.0. The normalized spacial score (nSPS) is 17.3. The van der Waals surface area contributed by atoms with Gasteiger partial charge < -0.3 is 14.0 Å². The lowest BCUT2D eigenvalue weighted by Gasteiger charge is -2.30. The summed E-state index contributed by atoms with van der Waals surface area (Å²) < 4.78 is 13.9. The van der Waals surface area contributed by atoms with E-state index in [1.54, 1.807) is 6.92 Å². The Bertz CT molecular complexity index is 1270. The maximum Gasteiger partial charge on any atom is 0.336 e. The zero-order valence-corrected chi connectivity index (χ0v) is 18.6. The smallest absolute Gasteiger partial charge is 0.336 e. The maximum absolute atomic E-state index is 13.2. The lowest BCUT2D eigenvalue weighted by molar-refractivity contribution is -0.147. The first-order valence-electron chi connectivity index (χ1n) is 9.76. The minimum absolute atomic E-state index is 0.0420. The van der Waals surface area contributed by atoms with E-state index < -0.39 is 17.2 Å². The Labute approximate surface area is 187 Å². The van der Waals surface area contributed by atoms with Crippen molar-refractivity contribution in [1.29, 1.82) is 5.26 Å². The number of Topliss-reactive ketones (excluding diaryl/α,β-unsaturated/α-hetero) is 1. The van der Waals surface area contributed by atoms with E-state index in [4.69, 9.17) is 9.47 Å². The SMILES string of the molecule is CCOC(=O)C1(C#N)C(C(C)=O)=COc2c1c1cc(Br)ccc1n2Cc1ccccc1. The molecule has 0 spiro atoms. The molecule has 7 heteroatoms. The Balaban J connectivity index is 2.07. The quantitative estimate of drug-likeness (QED) is 0.498. The first kappa shape index (κ1) is 20.9. The molecule has 31 heavy (non-hydrogen) atoms. The van der Waals surface area contributed by atoms with Gasteiger partial charge in [0.2, 0.25) is 11.3 Å². The number of hydrogen-bond acceptors (Lipinski definition) is 5. The summed E-state index contributed by atoms with van der Waals surface area (Å²) in [6, 6.07) is 17.5. The van der Waals surface area contributed by atoms with Crippen molar-refractivity contribution in [3.05, 3.63) is 76.0 Å². The van der Waals surface area contributed by atoms with Gasteiger partial charge in [0.1, 0.15) is 6.26 Å². The van der Waals surface area contributed by atoms with Gasteiger partial charge >= 0.3 is 5.97 Å². The van der Waals surface area contributed by atoms with Gasteiger partial charge in [0, 0.05) is 9.86 Å². The third kappa shape index (κ3) is 3.24. The average Bonchev–Trinajstić information content (AvgIpc) is 3.07. The van der Waals surface area contributed by atoms with E-state index in [1.807, 2.05) is 53.1 Å². The van der Waals surface area contributed by atoms with Crippen molar-refractivity contribution in [1.82, 2.24) is 4.57 Å². The van der Waals surface area contributed by atoms with Crippen molar-refractivity contribution in [3.8, 4) is 11.9 Å². The molecular formula is C24H19BrN2O4. The fourth-order valence-corrected chi connectivity index (χ4v) is 4.37. The highest BCUT2D eigenvalue weighted by Gasteiger charge is 2.54. The molecule has 1 unspecified atom stereocenters. The summed E-state index contributed by atoms with van der Waals surface area (Å²) in [5.74, 6) is -0.877. The molecule has 0 bridgehead atoms. The summed E-state index contributed by atoms with van der Waals surface area (Å²) in [7, 11) is 0. The number of nitrogens with zero attached hydrogens (tertiary/aromatic N) is 2. The summed E-state index contributed by atoms with van der Waals surface area (Å²) in [5.41, 5.74) is 0.164. The van der Waals surface area contributed by atoms with Crippen molar-refractivity contribution in [2.75, 3.05) is 6.61 Å². The Kier molecular flexibility index (Phi) is 5.42. The van der Waals surface area contributed by atoms with E-state index in [0.717, 1.165) is 15.6 Å². The van der Waals surface area contributed by atoms with Crippen LogP contribution >= 0.6 is 15.9 Å². The molecule has 0 N–H and O–H groups in total. The third-order valence-corrected chi connectivity index (χ3v) is 5.85. The highest BCUT2D eigenvalue weighted by Crippen LogP contribution is 2.49. The fourth-order valence-electron chi connectivity index (χ4n) is 4.01. The van der Waals surface area contributed by atoms with Crippen molar-refractivity contribution in [2.45, 2.75) is 25.8 Å². The van der Waals surface area contributed by atoms with Crippen molar-refractivity contribution in [2.24, 2.45) is 0 Å². The summed E-state index contributed by atoms with van der Waals surface area (Å²) in [4.78, 5) is 25.7. The lowest BCUT2D eigenvalue weighted by atomic mass is 9.73. The second-order valence-corrected chi connectivity index (χ2v) is 8.12. The topological polar surface area (TPSA) is 81.3 Å². The van der Waals surface area contributed by atoms with E-state index in [-0.39, 0.29) is 12.2 Å². The molecule has 1 aromatic heterocycles. The van der Waals surface area contributed by atoms with Gasteiger partial charge in [-0.25, -0.2) is 4.79 Å². The highest BCUT2D eigenvalue weighted by atomic mass is 79.9. The van der Waals surface area contributed by atoms with Crippen LogP contribution in [0.4, 0.5) is 0 Å². The molecule has 1 aliphatic heterocycles. The molecule has 0 radical (unpaired) electrons. The number of carbonyl (C=O) groups excluding carboxylic acids is 2. The number of hydrogen-bond donors (Lipinski definition) is 0. The van der Waals surface area contributed by atoms with E-state index in [1.165, 1.54) is 13.2 Å². The molecule has 2 heterocycles. The summed E-state index contributed by atoms with van der Waals surface area (Å²) in [6.07, 6.45) is 1.21. The van der Waals surface area contributed by atoms with Crippen LogP contribution < -0.4 is 4.74 Å². The van der Waals surface area contributed by atoms with Gasteiger partial charge in [0.15, 0.2) is 5.78 Å². The number of benzene rings is 2. The van der Waals surface area contributed by atoms with E-state index in [0.29, 0.717) is 23.4 Å². The van der Waals surface area contributed by atoms with E-state index in [2.05, 4.69) is 22.0 Å². The summed E-state index contributed by atoms with van der Waals surface area (Å²) in [5, 5.41) is 11.0. The van der Waals surface area contributed by atoms with Crippen LogP contribution in [0.25, 0.3) is 10.9 Å². The van der Waals surface area contributed by atoms with Crippen LogP contribution in [0.15, 0.2) is 64.8 Å². The van der Waals surface area contributed by atoms with Crippen LogP contribution in [0, 0.1) is 11.3 Å². The number of esters is 1. The second kappa shape index (κ2) is 8.05. The van der Waals surface area contributed by atoms with Crippen molar-refractivity contribution >= 4 is 38.6 Å². The van der Waals surface area contributed by atoms with Crippen LogP contribution in [-0.2, 0) is 26.3 Å². The van der Waals surface area contributed by atoms with Crippen molar-refractivity contribution in [3.63, 3.8) is 0 Å². The molecule has 0 amide bonds. The van der Waals surface area contributed by atoms with Gasteiger partial charge in [-0.05, 0) is 37.6 Å². The molecule has 2 aromatic carbocycles. The first-order valence-corrected chi connectivity index (χ1v) is 10.6. The predicted octanol–water partition coefficient (Wildman–Crippen LogP) is 4.64. The summed E-state index contributed by atoms with van der Waals surface area (Å²) in [6.45, 7) is 3.51. The minimum Gasteiger partial charge on any atom is -0.464 e. The van der Waals surface area contributed by atoms with Gasteiger partial charge in [-0.1, -0.05) is 46.3 Å². The van der Waals surface area contributed by atoms with Gasteiger partial charge in [0.05, 0.1) is 35.9 Å². The van der Waals surface area contributed by atoms with Crippen LogP contribution in [-0.4, -0.2) is 22.9 Å². The number of fused-ring (bicyclic) bond motifs is 3. The van der Waals surface area contributed by atoms with Crippen LogP contribution in [0.3, 0.4) is 0 Å². The molecule has 3 aromatic rings. The molecule has 0 aliphatic carbocycles. The van der Waals surface area contributed by atoms with E-state index >= 15 is 0 Å². The maximum atomic E-state index is 13.2. The lowest BCUT2D eigenvalue weighted by Crippen LogP contribution is -2.42. The number of nitriles is 1. The highest BCUT2D eigenvalue weighted by molar-refractivity contribution is 9.10. The molecule has 0 saturated carbocycles. The molecule has 0 fully saturated rings. The number of ether oxygens (including phenoxy) is 2. The predicted molar refractivity (Wildman–Crippen MR) is 118 cm³/mol. The van der Waals surface area contributed by atoms with Gasteiger partial charge in [0.25, 0.3) is 0 Å². The van der Waals surface area contributed by atoms with Gasteiger partial charge in [-0.3, -0.25) is 4.79 Å². The molecule has 4 rings (SSSR count). The number of halogens is 1. The Hall–Kier alpha value is -3.37. The zero-order chi connectivity index (χ0) is 22.2. The van der Waals surface area contributed by atoms with Gasteiger partial charge in [-0.2, -0.15) is 5.26 Å². The molecule has 156 valence electrons. The molecule has 1 aliphatic rings. The molecule has 1 atom stereocenters. The Morgan fingerprint density at radius 1 is 1.23 bits per heavy atom. The average molecular weight is 479 g/mol. The number of rotatable bonds is 5. The molecular weight excluding hydrogens is 460 g/mol. The number of aromatic nitrogens is 1. The van der Waals surface area contributed by atoms with Crippen LogP contribution in [0.2, 0.25) is 0 Å². The second-order valence-electron chi connectivity index (χ2n) is 7.20. The fraction of sp³-hybridized carbons (Fsp3) is 0.208.